The lowest BCUT2D eigenvalue weighted by Crippen LogP contribution is -1.90. The van der Waals surface area contributed by atoms with Crippen molar-refractivity contribution in [1.29, 1.82) is 0 Å². The van der Waals surface area contributed by atoms with Crippen molar-refractivity contribution >= 4 is 39.3 Å². The average Bonchev–Trinajstić information content (AvgIpc) is 2.51. The molecule has 1 N–H and O–H groups in total. The van der Waals surface area contributed by atoms with E-state index in [0.29, 0.717) is 16.3 Å². The maximum atomic E-state index is 11.3. The lowest BCUT2D eigenvalue weighted by Gasteiger charge is -2.02. The van der Waals surface area contributed by atoms with Gasteiger partial charge in [0.25, 0.3) is 5.24 Å². The van der Waals surface area contributed by atoms with E-state index in [1.54, 1.807) is 19.1 Å². The molecular weight excluding hydrogens is 249 g/mol. The molecule has 2 rings (SSSR count). The Morgan fingerprint density at radius 2 is 2.12 bits per heavy atom. The highest BCUT2D eigenvalue weighted by Crippen LogP contribution is 2.33. The van der Waals surface area contributed by atoms with Crippen LogP contribution in [0.5, 0.6) is 5.75 Å². The Bertz CT molecular complexity index is 575. The summed E-state index contributed by atoms with van der Waals surface area (Å²) >= 11 is 11.5. The Balaban J connectivity index is 2.82. The number of ether oxygens (including phenoxy) is 1. The molecule has 0 unspecified atom stereocenters. The van der Waals surface area contributed by atoms with Crippen molar-refractivity contribution in [3.63, 3.8) is 0 Å². The molecule has 3 nitrogen and oxygen atoms in total. The number of aryl methyl sites for hydroxylation is 1. The van der Waals surface area contributed by atoms with Crippen LogP contribution in [0, 0.1) is 6.92 Å². The summed E-state index contributed by atoms with van der Waals surface area (Å²) in [6.45, 7) is 1.79. The first-order valence-electron chi connectivity index (χ1n) is 4.60. The zero-order valence-electron chi connectivity index (χ0n) is 8.73. The third-order valence-corrected chi connectivity index (χ3v) is 2.94. The van der Waals surface area contributed by atoms with Crippen molar-refractivity contribution in [2.75, 3.05) is 7.11 Å². The van der Waals surface area contributed by atoms with Crippen molar-refractivity contribution in [1.82, 2.24) is 4.98 Å². The molecule has 1 aromatic heterocycles. The van der Waals surface area contributed by atoms with Crippen LogP contribution in [0.1, 0.15) is 16.1 Å². The van der Waals surface area contributed by atoms with Crippen molar-refractivity contribution < 1.29 is 9.53 Å². The van der Waals surface area contributed by atoms with E-state index in [1.165, 1.54) is 7.11 Å². The molecule has 1 heterocycles. The molecule has 0 saturated carbocycles. The molecule has 0 aliphatic rings. The minimum absolute atomic E-state index is 0.464. The van der Waals surface area contributed by atoms with Crippen LogP contribution < -0.4 is 4.74 Å². The molecule has 16 heavy (non-hydrogen) atoms. The average molecular weight is 258 g/mol. The fourth-order valence-corrected chi connectivity index (χ4v) is 2.22. The molecule has 0 atom stereocenters. The zero-order chi connectivity index (χ0) is 11.9. The topological polar surface area (TPSA) is 42.1 Å². The lowest BCUT2D eigenvalue weighted by atomic mass is 10.1. The minimum atomic E-state index is -0.492. The SMILES string of the molecule is COc1cc2c(C(=O)Cl)c(C)[nH]c2cc1Cl. The Hall–Kier alpha value is -1.19. The van der Waals surface area contributed by atoms with Gasteiger partial charge in [-0.2, -0.15) is 0 Å². The van der Waals surface area contributed by atoms with Crippen LogP contribution in [0.2, 0.25) is 5.02 Å². The van der Waals surface area contributed by atoms with Crippen LogP contribution in [-0.4, -0.2) is 17.3 Å². The molecule has 0 aliphatic heterocycles. The molecule has 0 saturated heterocycles. The monoisotopic (exact) mass is 257 g/mol. The summed E-state index contributed by atoms with van der Waals surface area (Å²) in [6, 6.07) is 3.42. The van der Waals surface area contributed by atoms with Gasteiger partial charge in [0, 0.05) is 16.6 Å². The Kier molecular flexibility index (Phi) is 2.82. The number of rotatable bonds is 2. The van der Waals surface area contributed by atoms with Gasteiger partial charge in [0.1, 0.15) is 5.75 Å². The number of hydrogen-bond donors (Lipinski definition) is 1. The van der Waals surface area contributed by atoms with Crippen LogP contribution in [0.25, 0.3) is 10.9 Å². The maximum Gasteiger partial charge on any atom is 0.254 e. The van der Waals surface area contributed by atoms with Crippen molar-refractivity contribution in [2.24, 2.45) is 0 Å². The predicted octanol–water partition coefficient (Wildman–Crippen LogP) is 3.52. The Morgan fingerprint density at radius 1 is 1.44 bits per heavy atom. The molecule has 0 amide bonds. The van der Waals surface area contributed by atoms with Gasteiger partial charge < -0.3 is 9.72 Å². The number of nitrogens with one attached hydrogen (secondary N) is 1. The number of carbonyl (C=O) groups is 1. The first-order valence-corrected chi connectivity index (χ1v) is 5.36. The molecular formula is C11H9Cl2NO2. The number of fused-ring (bicyclic) bond motifs is 1. The van der Waals surface area contributed by atoms with Gasteiger partial charge in [0.05, 0.1) is 17.7 Å². The van der Waals surface area contributed by atoms with Crippen LogP contribution in [0.4, 0.5) is 0 Å². The lowest BCUT2D eigenvalue weighted by molar-refractivity contribution is 0.108. The molecule has 5 heteroatoms. The number of halogens is 2. The van der Waals surface area contributed by atoms with Gasteiger partial charge in [0.2, 0.25) is 0 Å². The minimum Gasteiger partial charge on any atom is -0.495 e. The maximum absolute atomic E-state index is 11.3. The third kappa shape index (κ3) is 1.66. The fraction of sp³-hybridized carbons (Fsp3) is 0.182. The second-order valence-corrected chi connectivity index (χ2v) is 4.18. The molecule has 1 aromatic carbocycles. The van der Waals surface area contributed by atoms with Crippen molar-refractivity contribution in [3.8, 4) is 5.75 Å². The van der Waals surface area contributed by atoms with Crippen LogP contribution in [0.15, 0.2) is 12.1 Å². The highest BCUT2D eigenvalue weighted by atomic mass is 35.5. The Labute approximate surface area is 102 Å². The molecule has 0 fully saturated rings. The quantitative estimate of drug-likeness (QED) is 0.837. The highest BCUT2D eigenvalue weighted by molar-refractivity contribution is 6.68. The fourth-order valence-electron chi connectivity index (χ4n) is 1.74. The molecule has 0 aliphatic carbocycles. The number of aromatic amines is 1. The molecule has 2 aromatic rings. The van der Waals surface area contributed by atoms with Gasteiger partial charge in [0.15, 0.2) is 0 Å². The van der Waals surface area contributed by atoms with E-state index in [0.717, 1.165) is 16.6 Å². The summed E-state index contributed by atoms with van der Waals surface area (Å²) in [4.78, 5) is 14.4. The summed E-state index contributed by atoms with van der Waals surface area (Å²) in [5.74, 6) is 0.521. The van der Waals surface area contributed by atoms with Crippen LogP contribution >= 0.6 is 23.2 Å². The summed E-state index contributed by atoms with van der Waals surface area (Å²) in [6.07, 6.45) is 0. The third-order valence-electron chi connectivity index (χ3n) is 2.46. The van der Waals surface area contributed by atoms with Gasteiger partial charge in [-0.05, 0) is 30.7 Å². The zero-order valence-corrected chi connectivity index (χ0v) is 10.2. The van der Waals surface area contributed by atoms with Gasteiger partial charge in [-0.25, -0.2) is 0 Å². The van der Waals surface area contributed by atoms with E-state index in [-0.39, 0.29) is 0 Å². The van der Waals surface area contributed by atoms with E-state index in [9.17, 15) is 4.79 Å². The summed E-state index contributed by atoms with van der Waals surface area (Å²) in [7, 11) is 1.52. The van der Waals surface area contributed by atoms with E-state index < -0.39 is 5.24 Å². The standard InChI is InChI=1S/C11H9Cl2NO2/c1-5-10(11(13)15)6-3-9(16-2)7(12)4-8(6)14-5/h3-4,14H,1-2H3. The normalized spacial score (nSPS) is 10.8. The predicted molar refractivity (Wildman–Crippen MR) is 64.8 cm³/mol. The number of hydrogen-bond acceptors (Lipinski definition) is 2. The molecule has 84 valence electrons. The first kappa shape index (κ1) is 11.3. The van der Waals surface area contributed by atoms with Gasteiger partial charge in [-0.15, -0.1) is 0 Å². The van der Waals surface area contributed by atoms with E-state index in [1.807, 2.05) is 0 Å². The molecule has 0 bridgehead atoms. The van der Waals surface area contributed by atoms with Gasteiger partial charge >= 0.3 is 0 Å². The summed E-state index contributed by atoms with van der Waals surface area (Å²) in [5.41, 5.74) is 1.96. The smallest absolute Gasteiger partial charge is 0.254 e. The number of H-pyrrole nitrogens is 1. The summed E-state index contributed by atoms with van der Waals surface area (Å²) in [5, 5.41) is 0.719. The second-order valence-electron chi connectivity index (χ2n) is 3.43. The largest absolute Gasteiger partial charge is 0.495 e. The van der Waals surface area contributed by atoms with Crippen molar-refractivity contribution in [2.45, 2.75) is 6.92 Å². The van der Waals surface area contributed by atoms with E-state index in [2.05, 4.69) is 4.98 Å². The van der Waals surface area contributed by atoms with Gasteiger partial charge in [-0.1, -0.05) is 11.6 Å². The van der Waals surface area contributed by atoms with E-state index >= 15 is 0 Å². The second kappa shape index (κ2) is 4.00. The van der Waals surface area contributed by atoms with Crippen molar-refractivity contribution in [3.05, 3.63) is 28.4 Å². The van der Waals surface area contributed by atoms with Crippen LogP contribution in [0.3, 0.4) is 0 Å². The number of benzene rings is 1. The van der Waals surface area contributed by atoms with Gasteiger partial charge in [-0.3, -0.25) is 4.79 Å². The number of carbonyl (C=O) groups excluding carboxylic acids is 1. The summed E-state index contributed by atoms with van der Waals surface area (Å²) < 4.78 is 5.10. The number of methoxy groups -OCH3 is 1. The number of aromatic nitrogens is 1. The highest BCUT2D eigenvalue weighted by Gasteiger charge is 2.16. The molecule has 0 radical (unpaired) electrons. The Morgan fingerprint density at radius 3 is 2.69 bits per heavy atom. The first-order chi connectivity index (χ1) is 7.54. The van der Waals surface area contributed by atoms with E-state index in [4.69, 9.17) is 27.9 Å². The molecule has 0 spiro atoms. The van der Waals surface area contributed by atoms with Crippen LogP contribution in [-0.2, 0) is 0 Å².